The van der Waals surface area contributed by atoms with E-state index in [1.807, 2.05) is 35.2 Å². The van der Waals surface area contributed by atoms with Gasteiger partial charge in [0, 0.05) is 12.1 Å². The molecule has 0 atom stereocenters. The lowest BCUT2D eigenvalue weighted by Crippen LogP contribution is -3.00. The topological polar surface area (TPSA) is 64.8 Å². The second kappa shape index (κ2) is 5.71. The van der Waals surface area contributed by atoms with Crippen LogP contribution in [-0.2, 0) is 13.6 Å². The molecule has 7 heteroatoms. The molecule has 2 aromatic heterocycles. The highest BCUT2D eigenvalue weighted by Gasteiger charge is 2.19. The van der Waals surface area contributed by atoms with Gasteiger partial charge in [0.25, 0.3) is 5.82 Å². The van der Waals surface area contributed by atoms with E-state index in [0.29, 0.717) is 12.4 Å². The predicted octanol–water partition coefficient (Wildman–Crippen LogP) is -2.33. The Labute approximate surface area is 115 Å². The number of nitrogens with zero attached hydrogens (tertiary/aromatic N) is 4. The van der Waals surface area contributed by atoms with Crippen molar-refractivity contribution in [3.63, 3.8) is 0 Å². The third-order valence-corrected chi connectivity index (χ3v) is 2.35. The molecule has 0 aromatic carbocycles. The third-order valence-electron chi connectivity index (χ3n) is 2.35. The number of hydrogen-bond donors (Lipinski definition) is 0. The fourth-order valence-electron chi connectivity index (χ4n) is 1.46. The first-order valence-electron chi connectivity index (χ1n) is 4.77. The van der Waals surface area contributed by atoms with Gasteiger partial charge in [0.05, 0.1) is 7.05 Å². The first kappa shape index (κ1) is 13.6. The summed E-state index contributed by atoms with van der Waals surface area (Å²) in [5.74, 6) is 0.662. The number of rotatable bonds is 3. The van der Waals surface area contributed by atoms with Crippen molar-refractivity contribution in [2.24, 2.45) is 7.05 Å². The van der Waals surface area contributed by atoms with E-state index in [2.05, 4.69) is 4.98 Å². The molecular weight excluding hydrogens is 335 g/mol. The molecule has 0 spiro atoms. The Bertz CT molecular complexity index is 512. The largest absolute Gasteiger partial charge is 1.00 e. The Balaban J connectivity index is 0.00000144. The van der Waals surface area contributed by atoms with Gasteiger partial charge in [-0.25, -0.2) is 9.55 Å². The van der Waals surface area contributed by atoms with Crippen LogP contribution in [0, 0.1) is 10.1 Å². The standard InChI is InChI=1S/C10H11N4O2.HI/c1-12-9(11-7-10(12)14(15)16)8-13-5-3-2-4-6-13;/h2-7H,8H2,1H3;1H/q+1;/p-1. The highest BCUT2D eigenvalue weighted by molar-refractivity contribution is 5.18. The molecule has 2 heterocycles. The van der Waals surface area contributed by atoms with Crippen molar-refractivity contribution < 1.29 is 33.5 Å². The fourth-order valence-corrected chi connectivity index (χ4v) is 1.46. The van der Waals surface area contributed by atoms with E-state index in [0.717, 1.165) is 0 Å². The number of halogens is 1. The molecule has 0 saturated carbocycles. The number of nitro groups is 1. The van der Waals surface area contributed by atoms with E-state index in [1.54, 1.807) is 7.05 Å². The monoisotopic (exact) mass is 346 g/mol. The van der Waals surface area contributed by atoms with E-state index in [9.17, 15) is 10.1 Å². The summed E-state index contributed by atoms with van der Waals surface area (Å²) in [6.07, 6.45) is 5.06. The summed E-state index contributed by atoms with van der Waals surface area (Å²) in [6.45, 7) is 0.519. The molecule has 0 N–H and O–H groups in total. The van der Waals surface area contributed by atoms with Gasteiger partial charge in [-0.05, 0) is 4.92 Å². The number of pyridine rings is 1. The Morgan fingerprint density at radius 1 is 1.41 bits per heavy atom. The zero-order valence-corrected chi connectivity index (χ0v) is 11.3. The molecule has 0 aliphatic rings. The van der Waals surface area contributed by atoms with Gasteiger partial charge in [0.2, 0.25) is 6.54 Å². The van der Waals surface area contributed by atoms with E-state index in [4.69, 9.17) is 0 Å². The van der Waals surface area contributed by atoms with Crippen molar-refractivity contribution in [3.05, 3.63) is 52.7 Å². The minimum Gasteiger partial charge on any atom is -1.00 e. The zero-order chi connectivity index (χ0) is 11.5. The third kappa shape index (κ3) is 2.99. The molecule has 6 nitrogen and oxygen atoms in total. The normalized spacial score (nSPS) is 9.71. The molecule has 0 bridgehead atoms. The van der Waals surface area contributed by atoms with Crippen molar-refractivity contribution >= 4 is 5.82 Å². The molecule has 0 aliphatic heterocycles. The summed E-state index contributed by atoms with van der Waals surface area (Å²) >= 11 is 0. The second-order valence-corrected chi connectivity index (χ2v) is 3.40. The van der Waals surface area contributed by atoms with Crippen molar-refractivity contribution in [2.45, 2.75) is 6.54 Å². The summed E-state index contributed by atoms with van der Waals surface area (Å²) in [4.78, 5) is 14.2. The molecule has 0 fully saturated rings. The van der Waals surface area contributed by atoms with Crippen LogP contribution in [0.5, 0.6) is 0 Å². The summed E-state index contributed by atoms with van der Waals surface area (Å²) in [5, 5.41) is 10.6. The van der Waals surface area contributed by atoms with Crippen molar-refractivity contribution in [1.29, 1.82) is 0 Å². The number of imidazole rings is 1. The van der Waals surface area contributed by atoms with Crippen LogP contribution in [-0.4, -0.2) is 14.5 Å². The van der Waals surface area contributed by atoms with Gasteiger partial charge >= 0.3 is 5.82 Å². The molecule has 0 saturated heterocycles. The molecule has 2 rings (SSSR count). The average molecular weight is 346 g/mol. The number of hydrogen-bond acceptors (Lipinski definition) is 3. The highest BCUT2D eigenvalue weighted by atomic mass is 127. The molecule has 90 valence electrons. The quantitative estimate of drug-likeness (QED) is 0.271. The molecule has 0 amide bonds. The van der Waals surface area contributed by atoms with Gasteiger partial charge < -0.3 is 34.1 Å². The zero-order valence-electron chi connectivity index (χ0n) is 9.15. The van der Waals surface area contributed by atoms with Crippen LogP contribution in [0.3, 0.4) is 0 Å². The van der Waals surface area contributed by atoms with Gasteiger partial charge in [-0.1, -0.05) is 6.07 Å². The van der Waals surface area contributed by atoms with Crippen LogP contribution in [0.1, 0.15) is 5.82 Å². The first-order chi connectivity index (χ1) is 7.68. The lowest BCUT2D eigenvalue weighted by Gasteiger charge is -1.96. The lowest BCUT2D eigenvalue weighted by molar-refractivity contribution is -0.689. The van der Waals surface area contributed by atoms with Crippen molar-refractivity contribution in [2.75, 3.05) is 0 Å². The molecular formula is C10H11IN4O2. The maximum absolute atomic E-state index is 10.6. The highest BCUT2D eigenvalue weighted by Crippen LogP contribution is 2.10. The van der Waals surface area contributed by atoms with Crippen LogP contribution >= 0.6 is 0 Å². The number of aromatic nitrogens is 3. The minimum absolute atomic E-state index is 0. The maximum Gasteiger partial charge on any atom is 0.342 e. The lowest BCUT2D eigenvalue weighted by atomic mass is 10.4. The average Bonchev–Trinajstić information content (AvgIpc) is 2.62. The minimum atomic E-state index is -0.438. The van der Waals surface area contributed by atoms with Crippen LogP contribution in [0.25, 0.3) is 0 Å². The molecule has 0 radical (unpaired) electrons. The Kier molecular flexibility index (Phi) is 4.55. The second-order valence-electron chi connectivity index (χ2n) is 3.40. The molecule has 0 unspecified atom stereocenters. The summed E-state index contributed by atoms with van der Waals surface area (Å²) < 4.78 is 3.39. The molecule has 0 aliphatic carbocycles. The van der Waals surface area contributed by atoms with Gasteiger partial charge in [0.15, 0.2) is 12.4 Å². The predicted molar refractivity (Wildman–Crippen MR) is 55.6 cm³/mol. The van der Waals surface area contributed by atoms with Crippen molar-refractivity contribution in [3.8, 4) is 0 Å². The Morgan fingerprint density at radius 3 is 2.59 bits per heavy atom. The van der Waals surface area contributed by atoms with Gasteiger partial charge in [-0.15, -0.1) is 0 Å². The van der Waals surface area contributed by atoms with E-state index < -0.39 is 4.92 Å². The summed E-state index contributed by atoms with van der Waals surface area (Å²) in [5.41, 5.74) is 0. The van der Waals surface area contributed by atoms with Crippen LogP contribution in [0.15, 0.2) is 36.8 Å². The first-order valence-corrected chi connectivity index (χ1v) is 4.77. The van der Waals surface area contributed by atoms with E-state index in [-0.39, 0.29) is 29.8 Å². The Hall–Kier alpha value is -1.51. The van der Waals surface area contributed by atoms with E-state index in [1.165, 1.54) is 10.8 Å². The van der Waals surface area contributed by atoms with Crippen LogP contribution in [0.4, 0.5) is 5.82 Å². The van der Waals surface area contributed by atoms with Crippen LogP contribution < -0.4 is 28.5 Å². The van der Waals surface area contributed by atoms with Gasteiger partial charge in [-0.3, -0.25) is 0 Å². The van der Waals surface area contributed by atoms with E-state index >= 15 is 0 Å². The summed E-state index contributed by atoms with van der Waals surface area (Å²) in [7, 11) is 1.64. The van der Waals surface area contributed by atoms with Gasteiger partial charge in [-0.2, -0.15) is 4.57 Å². The molecule has 2 aromatic rings. The smallest absolute Gasteiger partial charge is 0.342 e. The SMILES string of the molecule is Cn1c([N+](=O)[O-])cnc1C[n+]1ccccc1.[I-]. The Morgan fingerprint density at radius 2 is 2.06 bits per heavy atom. The van der Waals surface area contributed by atoms with Crippen LogP contribution in [0.2, 0.25) is 0 Å². The maximum atomic E-state index is 10.6. The van der Waals surface area contributed by atoms with Gasteiger partial charge in [0.1, 0.15) is 6.20 Å². The van der Waals surface area contributed by atoms with Crippen molar-refractivity contribution in [1.82, 2.24) is 9.55 Å². The summed E-state index contributed by atoms with van der Waals surface area (Å²) in [6, 6.07) is 5.71. The fraction of sp³-hybridized carbons (Fsp3) is 0.200. The molecule has 17 heavy (non-hydrogen) atoms.